The van der Waals surface area contributed by atoms with Gasteiger partial charge in [0, 0.05) is 0 Å². The maximum atomic E-state index is 12.8. The molecular formula is C20H16Cl2N2O4S. The summed E-state index contributed by atoms with van der Waals surface area (Å²) in [7, 11) is -2.61. The Labute approximate surface area is 178 Å². The quantitative estimate of drug-likeness (QED) is 0.549. The average molecular weight is 451 g/mol. The van der Waals surface area contributed by atoms with Crippen LogP contribution in [-0.2, 0) is 10.0 Å². The van der Waals surface area contributed by atoms with Gasteiger partial charge in [0.15, 0.2) is 0 Å². The minimum absolute atomic E-state index is 0.0365. The molecule has 1 amide bonds. The Kier molecular flexibility index (Phi) is 6.32. The second kappa shape index (κ2) is 8.73. The van der Waals surface area contributed by atoms with Crippen LogP contribution < -0.4 is 14.8 Å². The van der Waals surface area contributed by atoms with Gasteiger partial charge < -0.3 is 10.1 Å². The van der Waals surface area contributed by atoms with Gasteiger partial charge in [0.2, 0.25) is 0 Å². The van der Waals surface area contributed by atoms with Gasteiger partial charge in [-0.15, -0.1) is 0 Å². The summed E-state index contributed by atoms with van der Waals surface area (Å²) in [5.41, 5.74) is 0.658. The first-order chi connectivity index (χ1) is 13.8. The molecule has 0 aromatic heterocycles. The van der Waals surface area contributed by atoms with Crippen molar-refractivity contribution in [3.05, 3.63) is 82.3 Å². The summed E-state index contributed by atoms with van der Waals surface area (Å²) in [5.74, 6) is -0.351. The van der Waals surface area contributed by atoms with E-state index in [-0.39, 0.29) is 26.9 Å². The van der Waals surface area contributed by atoms with E-state index in [1.54, 1.807) is 42.5 Å². The molecule has 3 aromatic carbocycles. The number of ether oxygens (including phenoxy) is 1. The zero-order valence-electron chi connectivity index (χ0n) is 15.1. The third-order valence-electron chi connectivity index (χ3n) is 3.97. The van der Waals surface area contributed by atoms with Crippen molar-refractivity contribution in [3.63, 3.8) is 0 Å². The topological polar surface area (TPSA) is 84.5 Å². The lowest BCUT2D eigenvalue weighted by molar-refractivity contribution is 0.102. The van der Waals surface area contributed by atoms with Crippen molar-refractivity contribution in [2.45, 2.75) is 4.90 Å². The second-order valence-electron chi connectivity index (χ2n) is 5.88. The van der Waals surface area contributed by atoms with E-state index in [2.05, 4.69) is 10.0 Å². The molecule has 0 saturated carbocycles. The molecule has 0 radical (unpaired) electrons. The van der Waals surface area contributed by atoms with Crippen LogP contribution in [0.15, 0.2) is 71.6 Å². The van der Waals surface area contributed by atoms with Crippen LogP contribution >= 0.6 is 23.2 Å². The number of hydrogen-bond acceptors (Lipinski definition) is 4. The molecule has 0 aliphatic rings. The number of rotatable bonds is 6. The Hall–Kier alpha value is -2.74. The van der Waals surface area contributed by atoms with Gasteiger partial charge in [-0.1, -0.05) is 47.5 Å². The Balaban J connectivity index is 1.95. The molecular weight excluding hydrogens is 435 g/mol. The molecule has 0 spiro atoms. The van der Waals surface area contributed by atoms with Crippen LogP contribution in [0.4, 0.5) is 11.4 Å². The molecule has 3 aromatic rings. The van der Waals surface area contributed by atoms with Crippen molar-refractivity contribution in [1.29, 1.82) is 0 Å². The van der Waals surface area contributed by atoms with Gasteiger partial charge in [0.25, 0.3) is 15.9 Å². The van der Waals surface area contributed by atoms with Gasteiger partial charge >= 0.3 is 0 Å². The summed E-state index contributed by atoms with van der Waals surface area (Å²) in [6, 6.07) is 17.1. The number of halogens is 2. The zero-order valence-corrected chi connectivity index (χ0v) is 17.5. The van der Waals surface area contributed by atoms with Crippen LogP contribution in [0.1, 0.15) is 10.4 Å². The van der Waals surface area contributed by atoms with Gasteiger partial charge in [0.1, 0.15) is 5.75 Å². The van der Waals surface area contributed by atoms with Crippen molar-refractivity contribution in [1.82, 2.24) is 0 Å². The van der Waals surface area contributed by atoms with Crippen molar-refractivity contribution < 1.29 is 17.9 Å². The fourth-order valence-corrected chi connectivity index (χ4v) is 4.06. The fourth-order valence-electron chi connectivity index (χ4n) is 2.53. The first-order valence-electron chi connectivity index (χ1n) is 8.33. The van der Waals surface area contributed by atoms with Crippen LogP contribution in [0.5, 0.6) is 5.75 Å². The smallest absolute Gasteiger partial charge is 0.261 e. The Bertz CT molecular complexity index is 1170. The number of hydrogen-bond donors (Lipinski definition) is 2. The van der Waals surface area contributed by atoms with E-state index in [4.69, 9.17) is 27.9 Å². The molecule has 0 atom stereocenters. The average Bonchev–Trinajstić information content (AvgIpc) is 2.70. The third-order valence-corrected chi connectivity index (χ3v) is 5.99. The Morgan fingerprint density at radius 2 is 1.48 bits per heavy atom. The monoisotopic (exact) mass is 450 g/mol. The molecule has 3 rings (SSSR count). The lowest BCUT2D eigenvalue weighted by Gasteiger charge is -2.13. The van der Waals surface area contributed by atoms with Crippen LogP contribution in [0, 0.1) is 0 Å². The maximum Gasteiger partial charge on any atom is 0.261 e. The molecule has 9 heteroatoms. The predicted octanol–water partition coefficient (Wildman–Crippen LogP) is 5.06. The number of carbonyl (C=O) groups is 1. The molecule has 0 unspecified atom stereocenters. The predicted molar refractivity (Wildman–Crippen MR) is 115 cm³/mol. The number of methoxy groups -OCH3 is 1. The number of anilines is 2. The lowest BCUT2D eigenvalue weighted by atomic mass is 10.2. The number of para-hydroxylation sites is 2. The molecule has 0 heterocycles. The fraction of sp³-hybridized carbons (Fsp3) is 0.0500. The van der Waals surface area contributed by atoms with Gasteiger partial charge in [-0.25, -0.2) is 8.42 Å². The van der Waals surface area contributed by atoms with Crippen LogP contribution in [0.25, 0.3) is 0 Å². The zero-order chi connectivity index (χ0) is 21.0. The highest BCUT2D eigenvalue weighted by Gasteiger charge is 2.21. The molecule has 0 aliphatic heterocycles. The molecule has 2 N–H and O–H groups in total. The molecule has 0 aliphatic carbocycles. The maximum absolute atomic E-state index is 12.8. The third kappa shape index (κ3) is 4.82. The molecule has 150 valence electrons. The lowest BCUT2D eigenvalue weighted by Crippen LogP contribution is -2.17. The summed E-state index contributed by atoms with van der Waals surface area (Å²) in [6.45, 7) is 0. The molecule has 0 saturated heterocycles. The summed E-state index contributed by atoms with van der Waals surface area (Å²) in [5, 5.41) is 3.25. The summed E-state index contributed by atoms with van der Waals surface area (Å²) >= 11 is 12.1. The van der Waals surface area contributed by atoms with Crippen molar-refractivity contribution in [2.24, 2.45) is 0 Å². The van der Waals surface area contributed by atoms with Crippen LogP contribution in [0.2, 0.25) is 10.0 Å². The van der Waals surface area contributed by atoms with E-state index in [0.717, 1.165) is 0 Å². The van der Waals surface area contributed by atoms with Crippen LogP contribution in [-0.4, -0.2) is 21.4 Å². The summed E-state index contributed by atoms with van der Waals surface area (Å²) in [6.07, 6.45) is 0. The largest absolute Gasteiger partial charge is 0.496 e. The highest BCUT2D eigenvalue weighted by molar-refractivity contribution is 7.92. The first kappa shape index (κ1) is 21.0. The summed E-state index contributed by atoms with van der Waals surface area (Å²) in [4.78, 5) is 12.6. The van der Waals surface area contributed by atoms with Gasteiger partial charge in [-0.3, -0.25) is 9.52 Å². The SMILES string of the molecule is COc1ccc(S(=O)(=O)Nc2ccccc2Cl)cc1C(=O)Nc1ccccc1Cl. The van der Waals surface area contributed by atoms with Gasteiger partial charge in [0.05, 0.1) is 39.0 Å². The highest BCUT2D eigenvalue weighted by atomic mass is 35.5. The normalized spacial score (nSPS) is 11.0. The van der Waals surface area contributed by atoms with Gasteiger partial charge in [-0.2, -0.15) is 0 Å². The van der Waals surface area contributed by atoms with E-state index in [0.29, 0.717) is 10.7 Å². The molecule has 29 heavy (non-hydrogen) atoms. The molecule has 0 bridgehead atoms. The van der Waals surface area contributed by atoms with Gasteiger partial charge in [-0.05, 0) is 42.5 Å². The number of amides is 1. The van der Waals surface area contributed by atoms with Crippen LogP contribution in [0.3, 0.4) is 0 Å². The molecule has 6 nitrogen and oxygen atoms in total. The van der Waals surface area contributed by atoms with E-state index in [1.807, 2.05) is 0 Å². The Morgan fingerprint density at radius 3 is 2.07 bits per heavy atom. The van der Waals surface area contributed by atoms with E-state index < -0.39 is 15.9 Å². The molecule has 0 fully saturated rings. The standard InChI is InChI=1S/C20H16Cl2N2O4S/c1-28-19-11-10-13(29(26,27)24-18-9-5-3-7-16(18)22)12-14(19)20(25)23-17-8-4-2-6-15(17)21/h2-12,24H,1H3,(H,23,25). The van der Waals surface area contributed by atoms with E-state index >= 15 is 0 Å². The minimum Gasteiger partial charge on any atom is -0.496 e. The number of carbonyl (C=O) groups excluding carboxylic acids is 1. The van der Waals surface area contributed by atoms with E-state index in [9.17, 15) is 13.2 Å². The number of sulfonamides is 1. The first-order valence-corrected chi connectivity index (χ1v) is 10.6. The second-order valence-corrected chi connectivity index (χ2v) is 8.38. The van der Waals surface area contributed by atoms with Crippen molar-refractivity contribution in [2.75, 3.05) is 17.1 Å². The number of benzene rings is 3. The minimum atomic E-state index is -3.99. The highest BCUT2D eigenvalue weighted by Crippen LogP contribution is 2.28. The van der Waals surface area contributed by atoms with E-state index in [1.165, 1.54) is 31.4 Å². The number of nitrogens with one attached hydrogen (secondary N) is 2. The summed E-state index contributed by atoms with van der Waals surface area (Å²) < 4.78 is 33.2. The van der Waals surface area contributed by atoms with Crippen molar-refractivity contribution >= 4 is 50.5 Å². The van der Waals surface area contributed by atoms with Crippen molar-refractivity contribution in [3.8, 4) is 5.75 Å². The Morgan fingerprint density at radius 1 is 0.897 bits per heavy atom.